The number of rotatable bonds is 5. The van der Waals surface area contributed by atoms with Crippen molar-refractivity contribution in [2.45, 2.75) is 44.2 Å². The molecule has 0 heterocycles. The Kier molecular flexibility index (Phi) is 5.35. The Morgan fingerprint density at radius 1 is 1.29 bits per heavy atom. The van der Waals surface area contributed by atoms with Gasteiger partial charge in [-0.15, -0.1) is 0 Å². The highest BCUT2D eigenvalue weighted by molar-refractivity contribution is 5.89. The number of halogens is 1. The number of ether oxygens (including phenoxy) is 1. The number of benzene rings is 1. The molecular formula is C18H23FN2O3. The van der Waals surface area contributed by atoms with Gasteiger partial charge in [0, 0.05) is 30.3 Å². The Hall–Kier alpha value is -2.08. The van der Waals surface area contributed by atoms with Gasteiger partial charge in [0.15, 0.2) is 11.6 Å². The Morgan fingerprint density at radius 3 is 2.75 bits per heavy atom. The maximum Gasteiger partial charge on any atom is 0.319 e. The van der Waals surface area contributed by atoms with E-state index >= 15 is 0 Å². The standard InChI is InChI=1S/C18H23FN2O3/c19-16-10-14(7-8-17(16)24-15-3-1-2-4-15)21-18(23)20-13-6-5-12(9-13)11-22/h5-8,10,12-13,15,22H,1-4,9,11H2,(H2,20,21,23)/t12-,13+/m0/s1. The van der Waals surface area contributed by atoms with Crippen LogP contribution in [0.2, 0.25) is 0 Å². The lowest BCUT2D eigenvalue weighted by molar-refractivity contribution is 0.201. The van der Waals surface area contributed by atoms with Crippen molar-refractivity contribution in [3.8, 4) is 5.75 Å². The minimum atomic E-state index is -0.471. The van der Waals surface area contributed by atoms with Crippen molar-refractivity contribution in [1.29, 1.82) is 0 Å². The van der Waals surface area contributed by atoms with E-state index < -0.39 is 11.8 Å². The summed E-state index contributed by atoms with van der Waals surface area (Å²) in [5, 5.41) is 14.5. The second kappa shape index (κ2) is 7.66. The first-order valence-corrected chi connectivity index (χ1v) is 8.47. The highest BCUT2D eigenvalue weighted by atomic mass is 19.1. The summed E-state index contributed by atoms with van der Waals surface area (Å²) in [7, 11) is 0. The molecule has 0 aromatic heterocycles. The van der Waals surface area contributed by atoms with E-state index in [-0.39, 0.29) is 30.4 Å². The van der Waals surface area contributed by atoms with Gasteiger partial charge in [0.05, 0.1) is 6.10 Å². The number of anilines is 1. The molecule has 2 amide bonds. The summed E-state index contributed by atoms with van der Waals surface area (Å²) in [6, 6.07) is 3.95. The predicted molar refractivity (Wildman–Crippen MR) is 89.6 cm³/mol. The molecule has 2 aliphatic rings. The fourth-order valence-electron chi connectivity index (χ4n) is 3.21. The molecule has 0 bridgehead atoms. The minimum absolute atomic E-state index is 0.0734. The van der Waals surface area contributed by atoms with Crippen LogP contribution < -0.4 is 15.4 Å². The third-order valence-electron chi connectivity index (χ3n) is 4.51. The van der Waals surface area contributed by atoms with Crippen LogP contribution in [0.4, 0.5) is 14.9 Å². The molecule has 130 valence electrons. The summed E-state index contributed by atoms with van der Waals surface area (Å²) in [5.74, 6) is -0.155. The SMILES string of the molecule is O=C(Nc1ccc(OC2CCCC2)c(F)c1)N[C@@H]1C=C[C@H](CO)C1. The largest absolute Gasteiger partial charge is 0.487 e. The highest BCUT2D eigenvalue weighted by Gasteiger charge is 2.20. The molecule has 24 heavy (non-hydrogen) atoms. The molecule has 0 radical (unpaired) electrons. The zero-order valence-electron chi connectivity index (χ0n) is 13.5. The molecule has 2 atom stereocenters. The summed E-state index contributed by atoms with van der Waals surface area (Å²) >= 11 is 0. The van der Waals surface area contributed by atoms with Crippen molar-refractivity contribution in [1.82, 2.24) is 5.32 Å². The first-order valence-electron chi connectivity index (χ1n) is 8.47. The molecule has 0 aliphatic heterocycles. The number of carbonyl (C=O) groups excluding carboxylic acids is 1. The summed E-state index contributed by atoms with van der Waals surface area (Å²) in [6.45, 7) is 0.0734. The first-order chi connectivity index (χ1) is 11.6. The monoisotopic (exact) mass is 334 g/mol. The molecule has 1 fully saturated rings. The van der Waals surface area contributed by atoms with Crippen molar-refractivity contribution in [3.05, 3.63) is 36.2 Å². The molecule has 3 N–H and O–H groups in total. The Bertz CT molecular complexity index is 614. The van der Waals surface area contributed by atoms with Gasteiger partial charge in [-0.05, 0) is 44.2 Å². The first kappa shape index (κ1) is 16.8. The molecule has 0 unspecified atom stereocenters. The highest BCUT2D eigenvalue weighted by Crippen LogP contribution is 2.27. The maximum absolute atomic E-state index is 14.1. The number of hydrogen-bond acceptors (Lipinski definition) is 3. The molecule has 1 saturated carbocycles. The zero-order valence-corrected chi connectivity index (χ0v) is 13.5. The number of hydrogen-bond donors (Lipinski definition) is 3. The van der Waals surface area contributed by atoms with Gasteiger partial charge in [0.25, 0.3) is 0 Å². The van der Waals surface area contributed by atoms with Gasteiger partial charge in [-0.25, -0.2) is 9.18 Å². The fraction of sp³-hybridized carbons (Fsp3) is 0.500. The number of amides is 2. The molecule has 5 nitrogen and oxygen atoms in total. The van der Waals surface area contributed by atoms with Crippen LogP contribution in [0.3, 0.4) is 0 Å². The van der Waals surface area contributed by atoms with E-state index in [2.05, 4.69) is 10.6 Å². The molecule has 1 aromatic rings. The van der Waals surface area contributed by atoms with Gasteiger partial charge in [-0.3, -0.25) is 0 Å². The number of aliphatic hydroxyl groups excluding tert-OH is 1. The molecule has 0 spiro atoms. The second-order valence-electron chi connectivity index (χ2n) is 6.44. The average molecular weight is 334 g/mol. The third kappa shape index (κ3) is 4.26. The smallest absolute Gasteiger partial charge is 0.319 e. The van der Waals surface area contributed by atoms with Crippen LogP contribution in [0, 0.1) is 11.7 Å². The van der Waals surface area contributed by atoms with Crippen molar-refractivity contribution < 1.29 is 19.0 Å². The second-order valence-corrected chi connectivity index (χ2v) is 6.44. The topological polar surface area (TPSA) is 70.6 Å². The van der Waals surface area contributed by atoms with E-state index in [1.807, 2.05) is 12.2 Å². The fourth-order valence-corrected chi connectivity index (χ4v) is 3.21. The van der Waals surface area contributed by atoms with E-state index in [1.54, 1.807) is 12.1 Å². The Balaban J connectivity index is 1.52. The predicted octanol–water partition coefficient (Wildman–Crippen LogP) is 3.21. The van der Waals surface area contributed by atoms with Crippen molar-refractivity contribution in [2.24, 2.45) is 5.92 Å². The number of nitrogens with one attached hydrogen (secondary N) is 2. The summed E-state index contributed by atoms with van der Waals surface area (Å²) in [5.41, 5.74) is 0.379. The van der Waals surface area contributed by atoms with Gasteiger partial charge in [-0.1, -0.05) is 12.2 Å². The molecule has 2 aliphatic carbocycles. The zero-order chi connectivity index (χ0) is 16.9. The molecule has 3 rings (SSSR count). The lowest BCUT2D eigenvalue weighted by Gasteiger charge is -2.16. The van der Waals surface area contributed by atoms with Gasteiger partial charge in [0.2, 0.25) is 0 Å². The number of carbonyl (C=O) groups is 1. The van der Waals surface area contributed by atoms with Crippen LogP contribution in [0.5, 0.6) is 5.75 Å². The summed E-state index contributed by atoms with van der Waals surface area (Å²) in [4.78, 5) is 12.0. The van der Waals surface area contributed by atoms with Gasteiger partial charge >= 0.3 is 6.03 Å². The summed E-state index contributed by atoms with van der Waals surface area (Å²) in [6.07, 6.45) is 8.69. The van der Waals surface area contributed by atoms with Gasteiger partial charge in [0.1, 0.15) is 0 Å². The number of urea groups is 1. The Labute approximate surface area is 140 Å². The lowest BCUT2D eigenvalue weighted by atomic mass is 10.1. The normalized spacial score (nSPS) is 23.4. The molecule has 0 saturated heterocycles. The molecule has 6 heteroatoms. The quantitative estimate of drug-likeness (QED) is 0.724. The molecular weight excluding hydrogens is 311 g/mol. The van der Waals surface area contributed by atoms with Crippen LogP contribution >= 0.6 is 0 Å². The number of aliphatic hydroxyl groups is 1. The Morgan fingerprint density at radius 2 is 2.08 bits per heavy atom. The van der Waals surface area contributed by atoms with Crippen LogP contribution in [-0.2, 0) is 0 Å². The lowest BCUT2D eigenvalue weighted by Crippen LogP contribution is -2.36. The van der Waals surface area contributed by atoms with Gasteiger partial charge in [-0.2, -0.15) is 0 Å². The van der Waals surface area contributed by atoms with E-state index in [0.29, 0.717) is 12.1 Å². The van der Waals surface area contributed by atoms with Gasteiger partial charge < -0.3 is 20.5 Å². The van der Waals surface area contributed by atoms with E-state index in [4.69, 9.17) is 9.84 Å². The summed E-state index contributed by atoms with van der Waals surface area (Å²) < 4.78 is 19.8. The van der Waals surface area contributed by atoms with E-state index in [0.717, 1.165) is 25.7 Å². The van der Waals surface area contributed by atoms with Crippen LogP contribution in [0.25, 0.3) is 0 Å². The minimum Gasteiger partial charge on any atom is -0.487 e. The van der Waals surface area contributed by atoms with Crippen LogP contribution in [-0.4, -0.2) is 29.9 Å². The average Bonchev–Trinajstić information content (AvgIpc) is 3.21. The van der Waals surface area contributed by atoms with Crippen LogP contribution in [0.15, 0.2) is 30.4 Å². The van der Waals surface area contributed by atoms with E-state index in [9.17, 15) is 9.18 Å². The third-order valence-corrected chi connectivity index (χ3v) is 4.51. The maximum atomic E-state index is 14.1. The van der Waals surface area contributed by atoms with E-state index in [1.165, 1.54) is 6.07 Å². The van der Waals surface area contributed by atoms with Crippen molar-refractivity contribution >= 4 is 11.7 Å². The van der Waals surface area contributed by atoms with Crippen molar-refractivity contribution in [2.75, 3.05) is 11.9 Å². The van der Waals surface area contributed by atoms with Crippen molar-refractivity contribution in [3.63, 3.8) is 0 Å². The van der Waals surface area contributed by atoms with Crippen LogP contribution in [0.1, 0.15) is 32.1 Å². The molecule has 1 aromatic carbocycles.